The van der Waals surface area contributed by atoms with Crippen molar-refractivity contribution >= 4 is 0 Å². The van der Waals surface area contributed by atoms with Crippen molar-refractivity contribution in [2.45, 2.75) is 39.2 Å². The van der Waals surface area contributed by atoms with Gasteiger partial charge in [0, 0.05) is 0 Å². The number of aliphatic hydroxyl groups is 1. The summed E-state index contributed by atoms with van der Waals surface area (Å²) in [6.07, 6.45) is -0.379. The van der Waals surface area contributed by atoms with Gasteiger partial charge in [-0.25, -0.2) is 0 Å². The van der Waals surface area contributed by atoms with Gasteiger partial charge in [-0.05, 0) is 23.5 Å². The van der Waals surface area contributed by atoms with E-state index >= 15 is 0 Å². The van der Waals surface area contributed by atoms with E-state index in [1.165, 1.54) is 5.56 Å². The first-order valence-corrected chi connectivity index (χ1v) is 4.70. The van der Waals surface area contributed by atoms with E-state index in [9.17, 15) is 5.11 Å². The minimum atomic E-state index is -0.379. The quantitative estimate of drug-likeness (QED) is 0.700. The topological polar surface area (TPSA) is 20.2 Å². The molecule has 0 aliphatic heterocycles. The van der Waals surface area contributed by atoms with Crippen molar-refractivity contribution in [3.63, 3.8) is 0 Å². The highest BCUT2D eigenvalue weighted by Crippen LogP contribution is 2.29. The summed E-state index contributed by atoms with van der Waals surface area (Å²) in [5.74, 6) is 0. The Morgan fingerprint density at radius 2 is 1.69 bits per heavy atom. The second-order valence-electron chi connectivity index (χ2n) is 4.51. The van der Waals surface area contributed by atoms with Crippen molar-refractivity contribution in [3.05, 3.63) is 35.4 Å². The van der Waals surface area contributed by atoms with E-state index in [0.717, 1.165) is 5.56 Å². The van der Waals surface area contributed by atoms with Gasteiger partial charge < -0.3 is 5.11 Å². The monoisotopic (exact) mass is 178 g/mol. The Morgan fingerprint density at radius 3 is 2.08 bits per heavy atom. The number of hydrogen-bond acceptors (Lipinski definition) is 1. The Balaban J connectivity index is 3.20. The molecular formula is C12H18O. The lowest BCUT2D eigenvalue weighted by Gasteiger charge is -2.23. The second-order valence-corrected chi connectivity index (χ2v) is 4.51. The van der Waals surface area contributed by atoms with Crippen molar-refractivity contribution in [3.8, 4) is 0 Å². The Bertz CT molecular complexity index is 281. The van der Waals surface area contributed by atoms with Crippen LogP contribution in [0.5, 0.6) is 0 Å². The van der Waals surface area contributed by atoms with Crippen LogP contribution in [0.15, 0.2) is 24.3 Å². The van der Waals surface area contributed by atoms with E-state index in [1.807, 2.05) is 25.1 Å². The third-order valence-electron chi connectivity index (χ3n) is 2.22. The predicted octanol–water partition coefficient (Wildman–Crippen LogP) is 3.04. The molecule has 72 valence electrons. The lowest BCUT2D eigenvalue weighted by Crippen LogP contribution is -2.15. The highest BCUT2D eigenvalue weighted by molar-refractivity contribution is 5.33. The van der Waals surface area contributed by atoms with E-state index in [4.69, 9.17) is 0 Å². The van der Waals surface area contributed by atoms with Crippen molar-refractivity contribution in [1.29, 1.82) is 0 Å². The van der Waals surface area contributed by atoms with Gasteiger partial charge in [0.1, 0.15) is 0 Å². The van der Waals surface area contributed by atoms with Crippen molar-refractivity contribution < 1.29 is 5.11 Å². The molecule has 1 atom stereocenters. The molecule has 0 heterocycles. The molecule has 0 saturated heterocycles. The number of aliphatic hydroxyl groups excluding tert-OH is 1. The molecule has 0 fully saturated rings. The van der Waals surface area contributed by atoms with Gasteiger partial charge in [-0.1, -0.05) is 45.0 Å². The minimum absolute atomic E-state index is 0.105. The van der Waals surface area contributed by atoms with E-state index in [0.29, 0.717) is 0 Å². The van der Waals surface area contributed by atoms with Crippen LogP contribution in [0, 0.1) is 0 Å². The molecule has 0 aliphatic carbocycles. The summed E-state index contributed by atoms with van der Waals surface area (Å²) >= 11 is 0. The molecule has 0 aromatic heterocycles. The molecule has 0 amide bonds. The molecule has 0 radical (unpaired) electrons. The van der Waals surface area contributed by atoms with Gasteiger partial charge in [-0.2, -0.15) is 0 Å². The molecule has 0 bridgehead atoms. The fourth-order valence-electron chi connectivity index (χ4n) is 1.54. The van der Waals surface area contributed by atoms with Gasteiger partial charge in [-0.15, -0.1) is 0 Å². The number of rotatable bonds is 1. The van der Waals surface area contributed by atoms with E-state index < -0.39 is 0 Å². The van der Waals surface area contributed by atoms with Gasteiger partial charge in [0.25, 0.3) is 0 Å². The first-order valence-electron chi connectivity index (χ1n) is 4.70. The largest absolute Gasteiger partial charge is 0.389 e. The maximum absolute atomic E-state index is 9.57. The van der Waals surface area contributed by atoms with Gasteiger partial charge in [0.05, 0.1) is 6.10 Å². The molecule has 1 rings (SSSR count). The second kappa shape index (κ2) is 3.51. The van der Waals surface area contributed by atoms with Gasteiger partial charge >= 0.3 is 0 Å². The molecule has 0 saturated carbocycles. The molecular weight excluding hydrogens is 160 g/mol. The molecule has 0 aliphatic rings. The summed E-state index contributed by atoms with van der Waals surface area (Å²) < 4.78 is 0. The Kier molecular flexibility index (Phi) is 2.77. The summed E-state index contributed by atoms with van der Waals surface area (Å²) in [4.78, 5) is 0. The Labute approximate surface area is 80.4 Å². The summed E-state index contributed by atoms with van der Waals surface area (Å²) in [5.41, 5.74) is 2.37. The molecule has 0 spiro atoms. The van der Waals surface area contributed by atoms with Crippen LogP contribution in [0.2, 0.25) is 0 Å². The molecule has 13 heavy (non-hydrogen) atoms. The molecule has 1 aromatic carbocycles. The number of hydrogen-bond donors (Lipinski definition) is 1. The first kappa shape index (κ1) is 10.3. The van der Waals surface area contributed by atoms with Crippen molar-refractivity contribution in [1.82, 2.24) is 0 Å². The highest BCUT2D eigenvalue weighted by atomic mass is 16.3. The van der Waals surface area contributed by atoms with Crippen LogP contribution in [0.4, 0.5) is 0 Å². The summed E-state index contributed by atoms with van der Waals surface area (Å²) in [6.45, 7) is 8.29. The van der Waals surface area contributed by atoms with E-state index in [2.05, 4.69) is 26.8 Å². The average molecular weight is 178 g/mol. The first-order chi connectivity index (χ1) is 5.93. The van der Waals surface area contributed by atoms with Crippen LogP contribution >= 0.6 is 0 Å². The fraction of sp³-hybridized carbons (Fsp3) is 0.500. The van der Waals surface area contributed by atoms with Gasteiger partial charge in [-0.3, -0.25) is 0 Å². The third kappa shape index (κ3) is 2.31. The van der Waals surface area contributed by atoms with Crippen LogP contribution in [0.1, 0.15) is 44.9 Å². The summed E-state index contributed by atoms with van der Waals surface area (Å²) in [7, 11) is 0. The summed E-state index contributed by atoms with van der Waals surface area (Å²) in [6, 6.07) is 8.07. The molecule has 1 N–H and O–H groups in total. The molecule has 1 heteroatoms. The molecule has 1 nitrogen and oxygen atoms in total. The lowest BCUT2D eigenvalue weighted by atomic mass is 9.82. The Hall–Kier alpha value is -0.820. The molecule has 1 aromatic rings. The zero-order valence-corrected chi connectivity index (χ0v) is 8.83. The smallest absolute Gasteiger partial charge is 0.0764 e. The highest BCUT2D eigenvalue weighted by Gasteiger charge is 2.18. The third-order valence-corrected chi connectivity index (χ3v) is 2.22. The zero-order chi connectivity index (χ0) is 10.1. The SMILES string of the molecule is CC(O)c1ccccc1C(C)(C)C. The van der Waals surface area contributed by atoms with E-state index in [1.54, 1.807) is 0 Å². The minimum Gasteiger partial charge on any atom is -0.389 e. The normalized spacial score (nSPS) is 14.2. The summed E-state index contributed by atoms with van der Waals surface area (Å²) in [5, 5.41) is 9.57. The number of benzene rings is 1. The van der Waals surface area contributed by atoms with Gasteiger partial charge in [0.15, 0.2) is 0 Å². The van der Waals surface area contributed by atoms with Crippen molar-refractivity contribution in [2.75, 3.05) is 0 Å². The van der Waals surface area contributed by atoms with Crippen LogP contribution in [0.3, 0.4) is 0 Å². The van der Waals surface area contributed by atoms with Crippen LogP contribution in [0.25, 0.3) is 0 Å². The molecule has 1 unspecified atom stereocenters. The maximum atomic E-state index is 9.57. The van der Waals surface area contributed by atoms with Gasteiger partial charge in [0.2, 0.25) is 0 Å². The van der Waals surface area contributed by atoms with Crippen molar-refractivity contribution in [2.24, 2.45) is 0 Å². The van der Waals surface area contributed by atoms with E-state index in [-0.39, 0.29) is 11.5 Å². The van der Waals surface area contributed by atoms with Crippen LogP contribution < -0.4 is 0 Å². The maximum Gasteiger partial charge on any atom is 0.0764 e. The average Bonchev–Trinajstić information content (AvgIpc) is 2.03. The zero-order valence-electron chi connectivity index (χ0n) is 8.83. The standard InChI is InChI=1S/C12H18O/c1-9(13)10-7-5-6-8-11(10)12(2,3)4/h5-9,13H,1-4H3. The Morgan fingerprint density at radius 1 is 1.15 bits per heavy atom. The predicted molar refractivity (Wildman–Crippen MR) is 55.8 cm³/mol. The van der Waals surface area contributed by atoms with Crippen LogP contribution in [-0.2, 0) is 5.41 Å². The van der Waals surface area contributed by atoms with Crippen LogP contribution in [-0.4, -0.2) is 5.11 Å². The fourth-order valence-corrected chi connectivity index (χ4v) is 1.54. The lowest BCUT2D eigenvalue weighted by molar-refractivity contribution is 0.196.